The minimum atomic E-state index is -1.51. The fourth-order valence-electron chi connectivity index (χ4n) is 2.09. The summed E-state index contributed by atoms with van der Waals surface area (Å²) in [6.07, 6.45) is 4.89. The third-order valence-electron chi connectivity index (χ3n) is 2.65. The number of carboxylic acid groups (broad SMARTS) is 2. The molecule has 0 heterocycles. The maximum Gasteiger partial charge on any atom is 0.328 e. The summed E-state index contributed by atoms with van der Waals surface area (Å²) in [4.78, 5) is 19.0. The van der Waals surface area contributed by atoms with Crippen LogP contribution in [-0.4, -0.2) is 48.2 Å². The van der Waals surface area contributed by atoms with Crippen LogP contribution in [0.1, 0.15) is 40.0 Å². The zero-order valence-corrected chi connectivity index (χ0v) is 12.5. The van der Waals surface area contributed by atoms with Crippen molar-refractivity contribution >= 4 is 11.9 Å². The highest BCUT2D eigenvalue weighted by Gasteiger charge is 2.16. The van der Waals surface area contributed by atoms with Gasteiger partial charge < -0.3 is 19.5 Å². The maximum absolute atomic E-state index is 9.53. The van der Waals surface area contributed by atoms with Gasteiger partial charge in [-0.05, 0) is 25.3 Å². The van der Waals surface area contributed by atoms with Crippen LogP contribution < -0.4 is 5.11 Å². The predicted molar refractivity (Wildman–Crippen MR) is 73.4 cm³/mol. The number of quaternary nitrogens is 1. The zero-order chi connectivity index (χ0) is 15.3. The van der Waals surface area contributed by atoms with Crippen LogP contribution in [0.4, 0.5) is 0 Å². The summed E-state index contributed by atoms with van der Waals surface area (Å²) in [5, 5.41) is 17.2. The highest BCUT2D eigenvalue weighted by Crippen LogP contribution is 2.06. The van der Waals surface area contributed by atoms with E-state index in [1.807, 2.05) is 0 Å². The largest absolute Gasteiger partial charge is 0.545 e. The van der Waals surface area contributed by atoms with Crippen molar-refractivity contribution in [3.05, 3.63) is 12.2 Å². The Morgan fingerprint density at radius 1 is 1.00 bits per heavy atom. The first-order chi connectivity index (χ1) is 8.81. The Morgan fingerprint density at radius 2 is 1.37 bits per heavy atom. The average molecular weight is 273 g/mol. The number of carboxylic acids is 2. The number of rotatable bonds is 8. The lowest BCUT2D eigenvalue weighted by Gasteiger charge is -2.33. The minimum Gasteiger partial charge on any atom is -0.545 e. The molecule has 0 bridgehead atoms. The third-order valence-corrected chi connectivity index (χ3v) is 2.65. The molecular weight excluding hydrogens is 246 g/mol. The van der Waals surface area contributed by atoms with Gasteiger partial charge in [-0.3, -0.25) is 0 Å². The molecule has 0 fully saturated rings. The second-order valence-electron chi connectivity index (χ2n) is 4.78. The number of hydrogen-bond donors (Lipinski definition) is 1. The molecule has 1 N–H and O–H groups in total. The molecule has 0 aromatic carbocycles. The molecule has 0 rings (SSSR count). The molecule has 0 spiro atoms. The topological polar surface area (TPSA) is 77.4 Å². The Bertz CT molecular complexity index is 254. The molecule has 5 heteroatoms. The number of carbonyl (C=O) groups excluding carboxylic acids is 1. The van der Waals surface area contributed by atoms with Crippen molar-refractivity contribution in [2.24, 2.45) is 0 Å². The smallest absolute Gasteiger partial charge is 0.328 e. The molecule has 0 radical (unpaired) electrons. The van der Waals surface area contributed by atoms with E-state index in [9.17, 15) is 14.7 Å². The molecular formula is C14H27NO4. The van der Waals surface area contributed by atoms with Gasteiger partial charge in [0.2, 0.25) is 0 Å². The highest BCUT2D eigenvalue weighted by molar-refractivity contribution is 5.88. The molecule has 0 aliphatic rings. The normalized spacial score (nSPS) is 10.9. The van der Waals surface area contributed by atoms with Gasteiger partial charge in [0.15, 0.2) is 0 Å². The average Bonchev–Trinajstić information content (AvgIpc) is 2.28. The molecule has 0 aliphatic carbocycles. The van der Waals surface area contributed by atoms with Crippen LogP contribution in [0.25, 0.3) is 0 Å². The first-order valence-corrected chi connectivity index (χ1v) is 6.76. The Hall–Kier alpha value is -1.36. The Kier molecular flexibility index (Phi) is 12.3. The number of nitrogens with zero attached hydrogens (tertiary/aromatic N) is 1. The molecule has 0 saturated carbocycles. The lowest BCUT2D eigenvalue weighted by molar-refractivity contribution is -0.909. The first-order valence-electron chi connectivity index (χ1n) is 6.76. The summed E-state index contributed by atoms with van der Waals surface area (Å²) in [5.41, 5.74) is 0. The summed E-state index contributed by atoms with van der Waals surface area (Å²) < 4.78 is 1.28. The van der Waals surface area contributed by atoms with Crippen LogP contribution in [0, 0.1) is 0 Å². The van der Waals surface area contributed by atoms with Crippen LogP contribution in [0.5, 0.6) is 0 Å². The predicted octanol–water partition coefficient (Wildman–Crippen LogP) is 1.04. The van der Waals surface area contributed by atoms with Crippen molar-refractivity contribution in [3.8, 4) is 0 Å². The maximum atomic E-state index is 9.53. The minimum absolute atomic E-state index is 0.447. The van der Waals surface area contributed by atoms with Gasteiger partial charge in [0.25, 0.3) is 0 Å². The summed E-state index contributed by atoms with van der Waals surface area (Å²) in [6.45, 7) is 10.9. The van der Waals surface area contributed by atoms with Crippen LogP contribution in [0.15, 0.2) is 12.2 Å². The van der Waals surface area contributed by atoms with Crippen LogP contribution in [0.2, 0.25) is 0 Å². The monoisotopic (exact) mass is 273 g/mol. The molecule has 112 valence electrons. The van der Waals surface area contributed by atoms with E-state index in [4.69, 9.17) is 5.11 Å². The lowest BCUT2D eigenvalue weighted by Crippen LogP contribution is -2.45. The molecule has 0 amide bonds. The van der Waals surface area contributed by atoms with Gasteiger partial charge in [-0.15, -0.1) is 0 Å². The molecule has 0 aliphatic heterocycles. The quantitative estimate of drug-likeness (QED) is 0.529. The third kappa shape index (κ3) is 14.6. The van der Waals surface area contributed by atoms with E-state index < -0.39 is 11.9 Å². The van der Waals surface area contributed by atoms with E-state index in [1.54, 1.807) is 0 Å². The molecule has 0 atom stereocenters. The number of aliphatic carboxylic acids is 2. The van der Waals surface area contributed by atoms with Crippen LogP contribution in [0.3, 0.4) is 0 Å². The van der Waals surface area contributed by atoms with Crippen molar-refractivity contribution in [1.82, 2.24) is 0 Å². The summed E-state index contributed by atoms with van der Waals surface area (Å²) in [5.74, 6) is -2.80. The summed E-state index contributed by atoms with van der Waals surface area (Å²) in [6, 6.07) is 0. The zero-order valence-electron chi connectivity index (χ0n) is 12.5. The van der Waals surface area contributed by atoms with E-state index in [-0.39, 0.29) is 0 Å². The van der Waals surface area contributed by atoms with Crippen molar-refractivity contribution < 1.29 is 24.3 Å². The standard InChI is InChI=1S/C10H24N.C4H4O4/c1-5-8-11(4,9-6-2)10-7-3;5-3(6)1-2-4(7)8/h5-10H2,1-4H3;1-2H,(H,5,6)(H,7,8)/q+1;/p-1. The molecule has 0 saturated heterocycles. The van der Waals surface area contributed by atoms with Gasteiger partial charge >= 0.3 is 5.97 Å². The molecule has 0 aromatic heterocycles. The fraction of sp³-hybridized carbons (Fsp3) is 0.714. The van der Waals surface area contributed by atoms with E-state index in [0.717, 1.165) is 0 Å². The van der Waals surface area contributed by atoms with E-state index in [0.29, 0.717) is 12.2 Å². The van der Waals surface area contributed by atoms with Gasteiger partial charge in [-0.1, -0.05) is 20.8 Å². The molecule has 0 unspecified atom stereocenters. The van der Waals surface area contributed by atoms with Gasteiger partial charge in [-0.25, -0.2) is 4.79 Å². The van der Waals surface area contributed by atoms with Crippen LogP contribution in [-0.2, 0) is 9.59 Å². The second kappa shape index (κ2) is 11.7. The summed E-state index contributed by atoms with van der Waals surface area (Å²) in [7, 11) is 2.39. The molecule has 19 heavy (non-hydrogen) atoms. The van der Waals surface area contributed by atoms with E-state index in [2.05, 4.69) is 27.8 Å². The van der Waals surface area contributed by atoms with Crippen molar-refractivity contribution in [2.45, 2.75) is 40.0 Å². The highest BCUT2D eigenvalue weighted by atomic mass is 16.4. The van der Waals surface area contributed by atoms with Crippen molar-refractivity contribution in [2.75, 3.05) is 26.7 Å². The Balaban J connectivity index is 0. The first kappa shape index (κ1) is 20.0. The van der Waals surface area contributed by atoms with E-state index in [1.165, 1.54) is 43.4 Å². The Labute approximate surface area is 116 Å². The Morgan fingerprint density at radius 3 is 1.53 bits per heavy atom. The van der Waals surface area contributed by atoms with Crippen molar-refractivity contribution in [3.63, 3.8) is 0 Å². The van der Waals surface area contributed by atoms with Gasteiger partial charge in [0, 0.05) is 6.08 Å². The summed E-state index contributed by atoms with van der Waals surface area (Å²) >= 11 is 0. The van der Waals surface area contributed by atoms with Gasteiger partial charge in [-0.2, -0.15) is 0 Å². The fourth-order valence-corrected chi connectivity index (χ4v) is 2.09. The van der Waals surface area contributed by atoms with Crippen LogP contribution >= 0.6 is 0 Å². The number of hydrogen-bond acceptors (Lipinski definition) is 3. The second-order valence-corrected chi connectivity index (χ2v) is 4.78. The van der Waals surface area contributed by atoms with Gasteiger partial charge in [0.1, 0.15) is 0 Å². The SMILES string of the molecule is CCC[N+](C)(CCC)CCC.O=C([O-])C=CC(=O)O. The molecule has 0 aromatic rings. The van der Waals surface area contributed by atoms with Gasteiger partial charge in [0.05, 0.1) is 32.7 Å². The number of carbonyl (C=O) groups is 2. The van der Waals surface area contributed by atoms with Crippen molar-refractivity contribution in [1.29, 1.82) is 0 Å². The molecule has 5 nitrogen and oxygen atoms in total. The lowest BCUT2D eigenvalue weighted by atomic mass is 10.2. The van der Waals surface area contributed by atoms with E-state index >= 15 is 0 Å².